The average Bonchev–Trinajstić information content (AvgIpc) is 3.15. The molecule has 1 aromatic heterocycles. The summed E-state index contributed by atoms with van der Waals surface area (Å²) in [6.07, 6.45) is 1.74. The van der Waals surface area contributed by atoms with Gasteiger partial charge in [0.05, 0.1) is 18.3 Å². The summed E-state index contributed by atoms with van der Waals surface area (Å²) in [4.78, 5) is 27.5. The Hall–Kier alpha value is -2.66. The standard InChI is InChI=1S/C18H15NO3S/c1-12-16(18(21)22-2)15(11-14-9-6-10-23-14)17(20)19(12)13-7-4-3-5-8-13/h3-11H,1-2H3. The largest absolute Gasteiger partial charge is 0.465 e. The molecule has 1 aliphatic rings. The third-order valence-corrected chi connectivity index (χ3v) is 4.45. The smallest absolute Gasteiger partial charge is 0.340 e. The van der Waals surface area contributed by atoms with Crippen LogP contribution < -0.4 is 4.90 Å². The van der Waals surface area contributed by atoms with Crippen LogP contribution in [0.3, 0.4) is 0 Å². The van der Waals surface area contributed by atoms with Gasteiger partial charge in [0.15, 0.2) is 0 Å². The van der Waals surface area contributed by atoms with Gasteiger partial charge >= 0.3 is 5.97 Å². The number of anilines is 1. The molecule has 0 unspecified atom stereocenters. The van der Waals surface area contributed by atoms with Crippen LogP contribution in [-0.2, 0) is 14.3 Å². The SMILES string of the molecule is COC(=O)C1=C(C)N(c2ccccc2)C(=O)C1=Cc1cccs1. The molecule has 0 saturated carbocycles. The normalized spacial score (nSPS) is 16.3. The van der Waals surface area contributed by atoms with Crippen molar-refractivity contribution in [1.29, 1.82) is 0 Å². The molecule has 0 bridgehead atoms. The number of allylic oxidation sites excluding steroid dienone is 1. The van der Waals surface area contributed by atoms with Crippen LogP contribution in [-0.4, -0.2) is 19.0 Å². The Kier molecular flexibility index (Phi) is 4.12. The van der Waals surface area contributed by atoms with Gasteiger partial charge in [-0.1, -0.05) is 24.3 Å². The maximum atomic E-state index is 12.9. The summed E-state index contributed by atoms with van der Waals surface area (Å²) in [5, 5.41) is 1.93. The van der Waals surface area contributed by atoms with Gasteiger partial charge in [-0.2, -0.15) is 0 Å². The zero-order valence-electron chi connectivity index (χ0n) is 12.8. The number of carbonyl (C=O) groups excluding carboxylic acids is 2. The van der Waals surface area contributed by atoms with Crippen molar-refractivity contribution < 1.29 is 14.3 Å². The number of hydrogen-bond donors (Lipinski definition) is 0. The lowest BCUT2D eigenvalue weighted by Gasteiger charge is -2.17. The third kappa shape index (κ3) is 2.71. The minimum absolute atomic E-state index is 0.220. The molecule has 0 spiro atoms. The Balaban J connectivity index is 2.14. The second-order valence-corrected chi connectivity index (χ2v) is 5.98. The quantitative estimate of drug-likeness (QED) is 0.639. The molecule has 2 aromatic rings. The highest BCUT2D eigenvalue weighted by Crippen LogP contribution is 2.35. The van der Waals surface area contributed by atoms with E-state index in [4.69, 9.17) is 4.74 Å². The molecule has 4 nitrogen and oxygen atoms in total. The van der Waals surface area contributed by atoms with Crippen LogP contribution in [0.5, 0.6) is 0 Å². The monoisotopic (exact) mass is 325 g/mol. The number of nitrogens with zero attached hydrogens (tertiary/aromatic N) is 1. The first-order valence-corrected chi connectivity index (χ1v) is 7.95. The highest BCUT2D eigenvalue weighted by Gasteiger charge is 2.37. The minimum atomic E-state index is -0.503. The molecule has 0 N–H and O–H groups in total. The molecule has 0 aliphatic carbocycles. The number of benzene rings is 1. The number of thiophene rings is 1. The number of esters is 1. The topological polar surface area (TPSA) is 46.6 Å². The van der Waals surface area contributed by atoms with Crippen molar-refractivity contribution >= 4 is 35.0 Å². The van der Waals surface area contributed by atoms with E-state index in [1.165, 1.54) is 18.4 Å². The number of amides is 1. The van der Waals surface area contributed by atoms with E-state index in [2.05, 4.69) is 0 Å². The summed E-state index contributed by atoms with van der Waals surface area (Å²) in [6.45, 7) is 1.76. The molecule has 1 aromatic carbocycles. The Morgan fingerprint density at radius 1 is 1.17 bits per heavy atom. The summed E-state index contributed by atoms with van der Waals surface area (Å²) in [7, 11) is 1.32. The second-order valence-electron chi connectivity index (χ2n) is 5.00. The van der Waals surface area contributed by atoms with Crippen LogP contribution in [0.2, 0.25) is 0 Å². The zero-order chi connectivity index (χ0) is 16.4. The van der Waals surface area contributed by atoms with Crippen LogP contribution in [0.1, 0.15) is 11.8 Å². The highest BCUT2D eigenvalue weighted by molar-refractivity contribution is 7.10. The molecule has 1 amide bonds. The molecule has 0 fully saturated rings. The Bertz CT molecular complexity index is 804. The van der Waals surface area contributed by atoms with E-state index in [0.29, 0.717) is 16.8 Å². The van der Waals surface area contributed by atoms with E-state index >= 15 is 0 Å². The van der Waals surface area contributed by atoms with Crippen LogP contribution in [0.4, 0.5) is 5.69 Å². The zero-order valence-corrected chi connectivity index (χ0v) is 13.6. The summed E-state index contributed by atoms with van der Waals surface area (Å²) in [5.74, 6) is -0.723. The van der Waals surface area contributed by atoms with Gasteiger partial charge in [0.2, 0.25) is 0 Å². The van der Waals surface area contributed by atoms with Gasteiger partial charge in [-0.15, -0.1) is 11.3 Å². The highest BCUT2D eigenvalue weighted by atomic mass is 32.1. The van der Waals surface area contributed by atoms with Crippen molar-refractivity contribution in [2.24, 2.45) is 0 Å². The van der Waals surface area contributed by atoms with Gasteiger partial charge in [0, 0.05) is 16.3 Å². The van der Waals surface area contributed by atoms with Gasteiger partial charge in [-0.25, -0.2) is 4.79 Å². The van der Waals surface area contributed by atoms with Crippen LogP contribution in [0, 0.1) is 0 Å². The summed E-state index contributed by atoms with van der Waals surface area (Å²) in [6, 6.07) is 13.1. The fraction of sp³-hybridized carbons (Fsp3) is 0.111. The van der Waals surface area contributed by atoms with E-state index in [1.54, 1.807) is 17.9 Å². The maximum Gasteiger partial charge on any atom is 0.340 e. The summed E-state index contributed by atoms with van der Waals surface area (Å²) in [5.41, 5.74) is 1.98. The fourth-order valence-electron chi connectivity index (χ4n) is 2.58. The number of carbonyl (C=O) groups is 2. The number of ether oxygens (including phenoxy) is 1. The lowest BCUT2D eigenvalue weighted by molar-refractivity contribution is -0.136. The first-order valence-electron chi connectivity index (χ1n) is 7.07. The molecule has 0 saturated heterocycles. The molecule has 0 radical (unpaired) electrons. The molecular weight excluding hydrogens is 310 g/mol. The van der Waals surface area contributed by atoms with Gasteiger partial charge in [0.25, 0.3) is 5.91 Å². The number of para-hydroxylation sites is 1. The van der Waals surface area contributed by atoms with E-state index < -0.39 is 5.97 Å². The lowest BCUT2D eigenvalue weighted by atomic mass is 10.1. The lowest BCUT2D eigenvalue weighted by Crippen LogP contribution is -2.24. The van der Waals surface area contributed by atoms with Crippen molar-refractivity contribution in [3.63, 3.8) is 0 Å². The Labute approximate surface area is 138 Å². The first kappa shape index (κ1) is 15.2. The number of rotatable bonds is 3. The van der Waals surface area contributed by atoms with Crippen molar-refractivity contribution in [2.75, 3.05) is 12.0 Å². The second kappa shape index (κ2) is 6.22. The van der Waals surface area contributed by atoms with E-state index in [1.807, 2.05) is 47.8 Å². The predicted molar refractivity (Wildman–Crippen MR) is 90.9 cm³/mol. The van der Waals surface area contributed by atoms with E-state index in [0.717, 1.165) is 10.6 Å². The molecule has 23 heavy (non-hydrogen) atoms. The van der Waals surface area contributed by atoms with Crippen molar-refractivity contribution in [3.05, 3.63) is 69.6 Å². The van der Waals surface area contributed by atoms with Gasteiger partial charge in [-0.3, -0.25) is 9.69 Å². The van der Waals surface area contributed by atoms with Crippen LogP contribution >= 0.6 is 11.3 Å². The van der Waals surface area contributed by atoms with E-state index in [-0.39, 0.29) is 5.91 Å². The van der Waals surface area contributed by atoms with Crippen molar-refractivity contribution in [2.45, 2.75) is 6.92 Å². The molecule has 1 aliphatic heterocycles. The van der Waals surface area contributed by atoms with Gasteiger partial charge in [0.1, 0.15) is 0 Å². The van der Waals surface area contributed by atoms with Crippen LogP contribution in [0.15, 0.2) is 64.7 Å². The van der Waals surface area contributed by atoms with Crippen LogP contribution in [0.25, 0.3) is 6.08 Å². The van der Waals surface area contributed by atoms with E-state index in [9.17, 15) is 9.59 Å². The summed E-state index contributed by atoms with van der Waals surface area (Å²) >= 11 is 1.51. The summed E-state index contributed by atoms with van der Waals surface area (Å²) < 4.78 is 4.87. The van der Waals surface area contributed by atoms with Gasteiger partial charge in [-0.05, 0) is 36.6 Å². The van der Waals surface area contributed by atoms with Crippen molar-refractivity contribution in [3.8, 4) is 0 Å². The average molecular weight is 325 g/mol. The van der Waals surface area contributed by atoms with Gasteiger partial charge < -0.3 is 4.74 Å². The molecular formula is C18H15NO3S. The third-order valence-electron chi connectivity index (χ3n) is 3.63. The number of hydrogen-bond acceptors (Lipinski definition) is 4. The molecule has 0 atom stereocenters. The first-order chi connectivity index (χ1) is 11.1. The predicted octanol–water partition coefficient (Wildman–Crippen LogP) is 3.63. The molecule has 3 rings (SSSR count). The minimum Gasteiger partial charge on any atom is -0.465 e. The number of methoxy groups -OCH3 is 1. The maximum absolute atomic E-state index is 12.9. The molecule has 5 heteroatoms. The fourth-order valence-corrected chi connectivity index (χ4v) is 3.24. The molecule has 2 heterocycles. The Morgan fingerprint density at radius 3 is 2.52 bits per heavy atom. The van der Waals surface area contributed by atoms with Crippen molar-refractivity contribution in [1.82, 2.24) is 0 Å². The molecule has 116 valence electrons. The Morgan fingerprint density at radius 2 is 1.91 bits per heavy atom.